The van der Waals surface area contributed by atoms with Crippen molar-refractivity contribution in [3.63, 3.8) is 0 Å². The molecule has 0 amide bonds. The lowest BCUT2D eigenvalue weighted by Crippen LogP contribution is -2.41. The van der Waals surface area contributed by atoms with E-state index in [0.717, 1.165) is 17.7 Å². The molecule has 1 fully saturated rings. The third-order valence-corrected chi connectivity index (χ3v) is 4.66. The van der Waals surface area contributed by atoms with Crippen LogP contribution in [-0.2, 0) is 21.4 Å². The van der Waals surface area contributed by atoms with E-state index >= 15 is 0 Å². The minimum absolute atomic E-state index is 0.488. The average molecular weight is 326 g/mol. The van der Waals surface area contributed by atoms with Gasteiger partial charge in [0.2, 0.25) is 0 Å². The van der Waals surface area contributed by atoms with E-state index in [1.54, 1.807) is 0 Å². The van der Waals surface area contributed by atoms with Crippen LogP contribution in [0.3, 0.4) is 0 Å². The van der Waals surface area contributed by atoms with Crippen molar-refractivity contribution in [1.82, 2.24) is 0 Å². The van der Waals surface area contributed by atoms with Crippen LogP contribution in [0.4, 0.5) is 0 Å². The summed E-state index contributed by atoms with van der Waals surface area (Å²) in [7, 11) is 0. The molecule has 0 saturated carbocycles. The molecule has 1 aliphatic rings. The quantitative estimate of drug-likeness (QED) is 0.883. The molecule has 24 heavy (non-hydrogen) atoms. The van der Waals surface area contributed by atoms with Crippen molar-refractivity contribution in [2.75, 3.05) is 19.8 Å². The van der Waals surface area contributed by atoms with E-state index < -0.39 is 11.4 Å². The molecule has 2 aromatic carbocycles. The molecule has 0 unspecified atom stereocenters. The van der Waals surface area contributed by atoms with Gasteiger partial charge in [-0.05, 0) is 36.1 Å². The predicted octanol–water partition coefficient (Wildman–Crippen LogP) is 3.44. The molecular weight excluding hydrogens is 304 g/mol. The van der Waals surface area contributed by atoms with Crippen molar-refractivity contribution in [3.05, 3.63) is 65.7 Å². The first-order valence-corrected chi connectivity index (χ1v) is 8.29. The third kappa shape index (κ3) is 3.60. The van der Waals surface area contributed by atoms with Crippen LogP contribution in [0.2, 0.25) is 0 Å². The molecule has 4 heteroatoms. The van der Waals surface area contributed by atoms with Gasteiger partial charge in [-0.25, -0.2) is 0 Å². The van der Waals surface area contributed by atoms with Gasteiger partial charge in [-0.1, -0.05) is 42.5 Å². The number of carboxylic acid groups (broad SMARTS) is 1. The molecular formula is C20H22O4. The van der Waals surface area contributed by atoms with Crippen molar-refractivity contribution in [1.29, 1.82) is 0 Å². The first-order valence-electron chi connectivity index (χ1n) is 8.29. The van der Waals surface area contributed by atoms with Gasteiger partial charge in [0.1, 0.15) is 5.75 Å². The highest BCUT2D eigenvalue weighted by atomic mass is 16.5. The summed E-state index contributed by atoms with van der Waals surface area (Å²) in [6.07, 6.45) is 1.87. The monoisotopic (exact) mass is 326 g/mol. The van der Waals surface area contributed by atoms with Crippen LogP contribution in [0.5, 0.6) is 5.75 Å². The molecule has 0 aromatic heterocycles. The van der Waals surface area contributed by atoms with E-state index in [-0.39, 0.29) is 0 Å². The normalized spacial score (nSPS) is 16.5. The molecule has 0 bridgehead atoms. The van der Waals surface area contributed by atoms with Crippen LogP contribution >= 0.6 is 0 Å². The van der Waals surface area contributed by atoms with Crippen LogP contribution in [0.25, 0.3) is 0 Å². The lowest BCUT2D eigenvalue weighted by molar-refractivity contribution is -0.147. The standard InChI is InChI=1S/C20H22O4/c21-19(22)20(11-14-23-15-12-20)17-6-8-18(9-7-17)24-13-10-16-4-2-1-3-5-16/h1-9H,10-15H2,(H,21,22). The van der Waals surface area contributed by atoms with Crippen molar-refractivity contribution in [2.24, 2.45) is 0 Å². The summed E-state index contributed by atoms with van der Waals surface area (Å²) in [4.78, 5) is 11.8. The number of carboxylic acids is 1. The maximum absolute atomic E-state index is 11.8. The third-order valence-electron chi connectivity index (χ3n) is 4.66. The van der Waals surface area contributed by atoms with Gasteiger partial charge in [0.05, 0.1) is 12.0 Å². The summed E-state index contributed by atoms with van der Waals surface area (Å²) in [5.74, 6) is -0.00850. The molecule has 0 atom stereocenters. The molecule has 1 heterocycles. The van der Waals surface area contributed by atoms with Crippen LogP contribution in [-0.4, -0.2) is 30.9 Å². The lowest BCUT2D eigenvalue weighted by atomic mass is 9.74. The highest BCUT2D eigenvalue weighted by Gasteiger charge is 2.41. The molecule has 0 spiro atoms. The second-order valence-electron chi connectivity index (χ2n) is 6.11. The van der Waals surface area contributed by atoms with Crippen LogP contribution in [0.15, 0.2) is 54.6 Å². The zero-order chi connectivity index (χ0) is 16.8. The maximum atomic E-state index is 11.8. The summed E-state index contributed by atoms with van der Waals surface area (Å²) in [6.45, 7) is 1.57. The second kappa shape index (κ2) is 7.49. The van der Waals surface area contributed by atoms with Gasteiger partial charge in [0.25, 0.3) is 0 Å². The summed E-state index contributed by atoms with van der Waals surface area (Å²) in [5.41, 5.74) is 1.23. The number of carbonyl (C=O) groups is 1. The van der Waals surface area contributed by atoms with Gasteiger partial charge in [0, 0.05) is 19.6 Å². The molecule has 1 N–H and O–H groups in total. The van der Waals surface area contributed by atoms with E-state index in [1.165, 1.54) is 5.56 Å². The van der Waals surface area contributed by atoms with E-state index in [4.69, 9.17) is 9.47 Å². The number of benzene rings is 2. The first-order chi connectivity index (χ1) is 11.7. The van der Waals surface area contributed by atoms with Crippen LogP contribution in [0.1, 0.15) is 24.0 Å². The number of aliphatic carboxylic acids is 1. The van der Waals surface area contributed by atoms with Crippen LogP contribution < -0.4 is 4.74 Å². The molecule has 4 nitrogen and oxygen atoms in total. The molecule has 0 radical (unpaired) electrons. The van der Waals surface area contributed by atoms with Crippen LogP contribution in [0, 0.1) is 0 Å². The van der Waals surface area contributed by atoms with Gasteiger partial charge in [-0.2, -0.15) is 0 Å². The highest BCUT2D eigenvalue weighted by Crippen LogP contribution is 2.35. The topological polar surface area (TPSA) is 55.8 Å². The Balaban J connectivity index is 1.63. The van der Waals surface area contributed by atoms with E-state index in [9.17, 15) is 9.90 Å². The average Bonchev–Trinajstić information content (AvgIpc) is 2.64. The Morgan fingerprint density at radius 2 is 1.71 bits per heavy atom. The van der Waals surface area contributed by atoms with Gasteiger partial charge in [-0.3, -0.25) is 4.79 Å². The Morgan fingerprint density at radius 1 is 1.04 bits per heavy atom. The largest absolute Gasteiger partial charge is 0.493 e. The van der Waals surface area contributed by atoms with Gasteiger partial charge >= 0.3 is 5.97 Å². The molecule has 2 aromatic rings. The molecule has 3 rings (SSSR count). The molecule has 1 aliphatic heterocycles. The van der Waals surface area contributed by atoms with Crippen molar-refractivity contribution in [3.8, 4) is 5.75 Å². The molecule has 1 saturated heterocycles. The zero-order valence-electron chi connectivity index (χ0n) is 13.6. The fraction of sp³-hybridized carbons (Fsp3) is 0.350. The van der Waals surface area contributed by atoms with Crippen molar-refractivity contribution in [2.45, 2.75) is 24.7 Å². The lowest BCUT2D eigenvalue weighted by Gasteiger charge is -2.33. The van der Waals surface area contributed by atoms with E-state index in [2.05, 4.69) is 12.1 Å². The van der Waals surface area contributed by atoms with Crippen molar-refractivity contribution >= 4 is 5.97 Å². The summed E-state index contributed by atoms with van der Waals surface area (Å²) in [5, 5.41) is 9.69. The summed E-state index contributed by atoms with van der Waals surface area (Å²) in [6, 6.07) is 17.7. The molecule has 126 valence electrons. The number of ether oxygens (including phenoxy) is 2. The Morgan fingerprint density at radius 3 is 2.33 bits per heavy atom. The van der Waals surface area contributed by atoms with Gasteiger partial charge in [0.15, 0.2) is 0 Å². The van der Waals surface area contributed by atoms with Gasteiger partial charge in [-0.15, -0.1) is 0 Å². The van der Waals surface area contributed by atoms with E-state index in [1.807, 2.05) is 42.5 Å². The minimum atomic E-state index is -0.833. The minimum Gasteiger partial charge on any atom is -0.493 e. The summed E-state index contributed by atoms with van der Waals surface area (Å²) >= 11 is 0. The predicted molar refractivity (Wildman–Crippen MR) is 91.4 cm³/mol. The smallest absolute Gasteiger partial charge is 0.314 e. The Bertz CT molecular complexity index is 658. The number of hydrogen-bond acceptors (Lipinski definition) is 3. The molecule has 0 aliphatic carbocycles. The van der Waals surface area contributed by atoms with E-state index in [0.29, 0.717) is 32.7 Å². The fourth-order valence-electron chi connectivity index (χ4n) is 3.15. The maximum Gasteiger partial charge on any atom is 0.314 e. The fourth-order valence-corrected chi connectivity index (χ4v) is 3.15. The Labute approximate surface area is 142 Å². The number of hydrogen-bond donors (Lipinski definition) is 1. The Hall–Kier alpha value is -2.33. The Kier molecular flexibility index (Phi) is 5.16. The zero-order valence-corrected chi connectivity index (χ0v) is 13.6. The van der Waals surface area contributed by atoms with Gasteiger partial charge < -0.3 is 14.6 Å². The highest BCUT2D eigenvalue weighted by molar-refractivity contribution is 5.81. The second-order valence-corrected chi connectivity index (χ2v) is 6.11. The number of rotatable bonds is 6. The SMILES string of the molecule is O=C(O)C1(c2ccc(OCCc3ccccc3)cc2)CCOCC1. The van der Waals surface area contributed by atoms with Crippen molar-refractivity contribution < 1.29 is 19.4 Å². The first kappa shape index (κ1) is 16.5. The summed E-state index contributed by atoms with van der Waals surface area (Å²) < 4.78 is 11.1.